The normalized spacial score (nSPS) is 10.4. The second kappa shape index (κ2) is 6.52. The van der Waals surface area contributed by atoms with Gasteiger partial charge in [-0.3, -0.25) is 0 Å². The molecule has 106 valence electrons. The third-order valence-electron chi connectivity index (χ3n) is 2.70. The van der Waals surface area contributed by atoms with Crippen molar-refractivity contribution < 1.29 is 4.74 Å². The second-order valence-electron chi connectivity index (χ2n) is 4.33. The van der Waals surface area contributed by atoms with Gasteiger partial charge in [0.05, 0.1) is 6.61 Å². The van der Waals surface area contributed by atoms with Crippen LogP contribution in [0.4, 0.5) is 5.95 Å². The molecule has 0 saturated heterocycles. The Labute approximate surface area is 123 Å². The van der Waals surface area contributed by atoms with E-state index in [1.54, 1.807) is 7.05 Å². The zero-order valence-electron chi connectivity index (χ0n) is 11.8. The average molecular weight is 293 g/mol. The van der Waals surface area contributed by atoms with Crippen LogP contribution in [0.3, 0.4) is 0 Å². The molecule has 1 N–H and O–H groups in total. The number of nitrogens with zero attached hydrogens (tertiary/aromatic N) is 3. The summed E-state index contributed by atoms with van der Waals surface area (Å²) >= 11 is 6.14. The van der Waals surface area contributed by atoms with Crippen LogP contribution in [-0.2, 0) is 0 Å². The lowest BCUT2D eigenvalue weighted by Crippen LogP contribution is -2.06. The van der Waals surface area contributed by atoms with Crippen molar-refractivity contribution in [3.63, 3.8) is 0 Å². The maximum absolute atomic E-state index is 6.14. The number of ether oxygens (including phenoxy) is 1. The fourth-order valence-corrected chi connectivity index (χ4v) is 1.77. The minimum Gasteiger partial charge on any atom is -0.463 e. The lowest BCUT2D eigenvalue weighted by molar-refractivity contribution is 0.292. The molecule has 0 aliphatic rings. The smallest absolute Gasteiger partial charge is 0.321 e. The van der Waals surface area contributed by atoms with Crippen molar-refractivity contribution in [2.75, 3.05) is 19.0 Å². The van der Waals surface area contributed by atoms with Crippen LogP contribution in [0, 0.1) is 6.92 Å². The SMILES string of the molecule is CCCOc1nc(NC)nc(-c2ccc(C)c(Cl)c2)n1. The highest BCUT2D eigenvalue weighted by atomic mass is 35.5. The van der Waals surface area contributed by atoms with Gasteiger partial charge in [0.1, 0.15) is 0 Å². The summed E-state index contributed by atoms with van der Waals surface area (Å²) in [6.07, 6.45) is 0.895. The predicted octanol–water partition coefficient (Wildman–Crippen LogP) is 3.33. The molecule has 0 atom stereocenters. The van der Waals surface area contributed by atoms with Gasteiger partial charge in [0.25, 0.3) is 0 Å². The zero-order valence-corrected chi connectivity index (χ0v) is 12.5. The standard InChI is InChI=1S/C14H17ClN4O/c1-4-7-20-14-18-12(17-13(16-3)19-14)10-6-5-9(2)11(15)8-10/h5-6,8H,4,7H2,1-3H3,(H,16,17,18,19). The van der Waals surface area contributed by atoms with Crippen LogP contribution in [0.15, 0.2) is 18.2 Å². The molecule has 1 heterocycles. The molecule has 0 bridgehead atoms. The maximum Gasteiger partial charge on any atom is 0.321 e. The topological polar surface area (TPSA) is 59.9 Å². The van der Waals surface area contributed by atoms with Crippen LogP contribution < -0.4 is 10.1 Å². The van der Waals surface area contributed by atoms with Gasteiger partial charge in [-0.2, -0.15) is 15.0 Å². The van der Waals surface area contributed by atoms with Crippen molar-refractivity contribution in [2.45, 2.75) is 20.3 Å². The first-order valence-electron chi connectivity index (χ1n) is 6.47. The van der Waals surface area contributed by atoms with E-state index in [9.17, 15) is 0 Å². The van der Waals surface area contributed by atoms with E-state index >= 15 is 0 Å². The molecule has 2 rings (SSSR count). The molecule has 5 nitrogen and oxygen atoms in total. The number of aromatic nitrogens is 3. The number of halogens is 1. The van der Waals surface area contributed by atoms with Gasteiger partial charge in [-0.1, -0.05) is 30.7 Å². The average Bonchev–Trinajstić information content (AvgIpc) is 2.47. The molecule has 1 aromatic carbocycles. The first kappa shape index (κ1) is 14.5. The molecule has 2 aromatic rings. The molecule has 0 fully saturated rings. The Morgan fingerprint density at radius 2 is 2.05 bits per heavy atom. The van der Waals surface area contributed by atoms with Crippen molar-refractivity contribution in [2.24, 2.45) is 0 Å². The second-order valence-corrected chi connectivity index (χ2v) is 4.73. The van der Waals surface area contributed by atoms with Gasteiger partial charge < -0.3 is 10.1 Å². The lowest BCUT2D eigenvalue weighted by atomic mass is 10.1. The summed E-state index contributed by atoms with van der Waals surface area (Å²) in [4.78, 5) is 12.8. The number of nitrogens with one attached hydrogen (secondary N) is 1. The Bertz CT molecular complexity index is 604. The molecule has 0 radical (unpaired) electrons. The fourth-order valence-electron chi connectivity index (χ4n) is 1.59. The van der Waals surface area contributed by atoms with Crippen molar-refractivity contribution in [3.05, 3.63) is 28.8 Å². The number of hydrogen-bond acceptors (Lipinski definition) is 5. The van der Waals surface area contributed by atoms with Gasteiger partial charge in [-0.15, -0.1) is 0 Å². The summed E-state index contributed by atoms with van der Waals surface area (Å²) in [7, 11) is 1.75. The molecular weight excluding hydrogens is 276 g/mol. The summed E-state index contributed by atoms with van der Waals surface area (Å²) in [6, 6.07) is 6.03. The molecule has 0 saturated carbocycles. The molecule has 0 amide bonds. The number of hydrogen-bond donors (Lipinski definition) is 1. The third-order valence-corrected chi connectivity index (χ3v) is 3.11. The van der Waals surface area contributed by atoms with E-state index < -0.39 is 0 Å². The summed E-state index contributed by atoms with van der Waals surface area (Å²) < 4.78 is 5.48. The highest BCUT2D eigenvalue weighted by molar-refractivity contribution is 6.31. The molecular formula is C14H17ClN4O. The Balaban J connectivity index is 2.41. The van der Waals surface area contributed by atoms with Crippen LogP contribution in [0.25, 0.3) is 11.4 Å². The van der Waals surface area contributed by atoms with Gasteiger partial charge >= 0.3 is 6.01 Å². The van der Waals surface area contributed by atoms with Gasteiger partial charge in [0, 0.05) is 17.6 Å². The van der Waals surface area contributed by atoms with Gasteiger partial charge in [0.15, 0.2) is 5.82 Å². The van der Waals surface area contributed by atoms with Crippen molar-refractivity contribution in [1.82, 2.24) is 15.0 Å². The van der Waals surface area contributed by atoms with E-state index in [0.717, 1.165) is 17.5 Å². The zero-order chi connectivity index (χ0) is 14.5. The highest BCUT2D eigenvalue weighted by Crippen LogP contribution is 2.24. The Morgan fingerprint density at radius 3 is 2.70 bits per heavy atom. The Hall–Kier alpha value is -1.88. The molecule has 1 aromatic heterocycles. The van der Waals surface area contributed by atoms with Crippen LogP contribution >= 0.6 is 11.6 Å². The molecule has 0 spiro atoms. The molecule has 0 aliphatic carbocycles. The van der Waals surface area contributed by atoms with E-state index in [1.807, 2.05) is 32.0 Å². The predicted molar refractivity (Wildman–Crippen MR) is 80.3 cm³/mol. The van der Waals surface area contributed by atoms with E-state index in [-0.39, 0.29) is 0 Å². The van der Waals surface area contributed by atoms with Gasteiger partial charge in [-0.05, 0) is 25.0 Å². The molecule has 6 heteroatoms. The largest absolute Gasteiger partial charge is 0.463 e. The monoisotopic (exact) mass is 292 g/mol. The summed E-state index contributed by atoms with van der Waals surface area (Å²) in [5, 5.41) is 3.59. The fraction of sp³-hybridized carbons (Fsp3) is 0.357. The van der Waals surface area contributed by atoms with Crippen LogP contribution in [0.5, 0.6) is 6.01 Å². The number of aryl methyl sites for hydroxylation is 1. The minimum absolute atomic E-state index is 0.317. The summed E-state index contributed by atoms with van der Waals surface area (Å²) in [6.45, 7) is 4.55. The van der Waals surface area contributed by atoms with Gasteiger partial charge in [0.2, 0.25) is 5.95 Å². The highest BCUT2D eigenvalue weighted by Gasteiger charge is 2.09. The molecule has 0 unspecified atom stereocenters. The Kier molecular flexibility index (Phi) is 4.74. The first-order chi connectivity index (χ1) is 9.63. The molecule has 0 aliphatic heterocycles. The van der Waals surface area contributed by atoms with Crippen LogP contribution in [-0.4, -0.2) is 28.6 Å². The van der Waals surface area contributed by atoms with Crippen LogP contribution in [0.1, 0.15) is 18.9 Å². The van der Waals surface area contributed by atoms with Crippen LogP contribution in [0.2, 0.25) is 5.02 Å². The van der Waals surface area contributed by atoms with Gasteiger partial charge in [-0.25, -0.2) is 0 Å². The van der Waals surface area contributed by atoms with Crippen molar-refractivity contribution in [3.8, 4) is 17.4 Å². The van der Waals surface area contributed by atoms with E-state index in [0.29, 0.717) is 29.4 Å². The van der Waals surface area contributed by atoms with E-state index in [1.165, 1.54) is 0 Å². The van der Waals surface area contributed by atoms with E-state index in [4.69, 9.17) is 16.3 Å². The maximum atomic E-state index is 6.14. The third kappa shape index (κ3) is 3.36. The summed E-state index contributed by atoms with van der Waals surface area (Å²) in [5.74, 6) is 1.01. The Morgan fingerprint density at radius 1 is 1.25 bits per heavy atom. The minimum atomic E-state index is 0.317. The summed E-state index contributed by atoms with van der Waals surface area (Å²) in [5.41, 5.74) is 1.85. The molecule has 20 heavy (non-hydrogen) atoms. The number of benzene rings is 1. The van der Waals surface area contributed by atoms with Crippen molar-refractivity contribution in [1.29, 1.82) is 0 Å². The quantitative estimate of drug-likeness (QED) is 0.916. The number of anilines is 1. The van der Waals surface area contributed by atoms with Crippen molar-refractivity contribution >= 4 is 17.5 Å². The first-order valence-corrected chi connectivity index (χ1v) is 6.85. The lowest BCUT2D eigenvalue weighted by Gasteiger charge is -2.08. The number of rotatable bonds is 5. The van der Waals surface area contributed by atoms with E-state index in [2.05, 4.69) is 20.3 Å².